The van der Waals surface area contributed by atoms with Gasteiger partial charge in [-0.2, -0.15) is 0 Å². The molecule has 156 valence electrons. The van der Waals surface area contributed by atoms with Crippen molar-refractivity contribution in [3.63, 3.8) is 0 Å². The summed E-state index contributed by atoms with van der Waals surface area (Å²) in [6.07, 6.45) is 3.13. The number of phenolic OH excluding ortho intramolecular Hbond substituents is 1. The van der Waals surface area contributed by atoms with E-state index in [1.54, 1.807) is 13.2 Å². The molecule has 5 heteroatoms. The van der Waals surface area contributed by atoms with Gasteiger partial charge in [-0.05, 0) is 66.1 Å². The topological polar surface area (TPSA) is 51.2 Å². The molecule has 2 aliphatic rings. The van der Waals surface area contributed by atoms with Gasteiger partial charge in [0.15, 0.2) is 11.5 Å². The van der Waals surface area contributed by atoms with Crippen LogP contribution in [0.4, 0.5) is 0 Å². The normalized spacial score (nSPS) is 19.0. The largest absolute Gasteiger partial charge is 0.508 e. The molecule has 30 heavy (non-hydrogen) atoms. The van der Waals surface area contributed by atoms with Crippen molar-refractivity contribution in [3.8, 4) is 23.0 Å². The second-order valence-corrected chi connectivity index (χ2v) is 8.04. The van der Waals surface area contributed by atoms with Gasteiger partial charge >= 0.3 is 0 Å². The minimum atomic E-state index is 0.294. The average molecular weight is 405 g/mol. The van der Waals surface area contributed by atoms with Crippen LogP contribution in [0.15, 0.2) is 48.5 Å². The molecule has 2 aliphatic heterocycles. The van der Waals surface area contributed by atoms with Gasteiger partial charge in [0.2, 0.25) is 0 Å². The first-order valence-corrected chi connectivity index (χ1v) is 10.6. The first-order chi connectivity index (χ1) is 14.7. The summed E-state index contributed by atoms with van der Waals surface area (Å²) in [6.45, 7) is 3.08. The number of ether oxygens (including phenoxy) is 3. The highest BCUT2D eigenvalue weighted by molar-refractivity contribution is 5.89. The van der Waals surface area contributed by atoms with Crippen molar-refractivity contribution in [1.82, 2.24) is 4.90 Å². The highest BCUT2D eigenvalue weighted by atomic mass is 16.5. The molecule has 5 nitrogen and oxygen atoms in total. The molecule has 3 aromatic carbocycles. The summed E-state index contributed by atoms with van der Waals surface area (Å²) in [5.41, 5.74) is 2.20. The van der Waals surface area contributed by atoms with Crippen molar-refractivity contribution in [3.05, 3.63) is 59.7 Å². The number of hydrogen-bond acceptors (Lipinski definition) is 5. The maximum atomic E-state index is 10.7. The molecule has 0 aliphatic carbocycles. The Labute approximate surface area is 176 Å². The fourth-order valence-corrected chi connectivity index (χ4v) is 4.63. The van der Waals surface area contributed by atoms with Gasteiger partial charge in [0, 0.05) is 24.6 Å². The number of likely N-dealkylation sites (tertiary alicyclic amines) is 1. The van der Waals surface area contributed by atoms with Crippen LogP contribution >= 0.6 is 0 Å². The molecule has 1 atom stereocenters. The first-order valence-electron chi connectivity index (χ1n) is 10.6. The molecule has 1 N–H and O–H groups in total. The average Bonchev–Trinajstić information content (AvgIpc) is 3.11. The Kier molecular flexibility index (Phi) is 5.13. The van der Waals surface area contributed by atoms with E-state index in [0.717, 1.165) is 59.4 Å². The van der Waals surface area contributed by atoms with Gasteiger partial charge in [0.05, 0.1) is 20.3 Å². The van der Waals surface area contributed by atoms with Gasteiger partial charge in [0.1, 0.15) is 11.5 Å². The molecule has 1 saturated heterocycles. The van der Waals surface area contributed by atoms with E-state index in [-0.39, 0.29) is 0 Å². The first kappa shape index (κ1) is 19.1. The van der Waals surface area contributed by atoms with Gasteiger partial charge < -0.3 is 19.3 Å². The fourth-order valence-electron chi connectivity index (χ4n) is 4.63. The summed E-state index contributed by atoms with van der Waals surface area (Å²) in [7, 11) is 1.67. The van der Waals surface area contributed by atoms with Gasteiger partial charge in [-0.1, -0.05) is 18.2 Å². The second-order valence-electron chi connectivity index (χ2n) is 8.04. The highest BCUT2D eigenvalue weighted by Crippen LogP contribution is 2.40. The smallest absolute Gasteiger partial charge is 0.161 e. The van der Waals surface area contributed by atoms with Crippen LogP contribution in [-0.2, 0) is 6.54 Å². The van der Waals surface area contributed by atoms with Gasteiger partial charge in [-0.15, -0.1) is 0 Å². The quantitative estimate of drug-likeness (QED) is 0.658. The molecule has 0 spiro atoms. The number of methoxy groups -OCH3 is 1. The predicted octanol–water partition coefficient (Wildman–Crippen LogP) is 5.05. The molecule has 5 rings (SSSR count). The minimum absolute atomic E-state index is 0.294. The van der Waals surface area contributed by atoms with Crippen LogP contribution in [0.3, 0.4) is 0 Å². The van der Waals surface area contributed by atoms with E-state index >= 15 is 0 Å². The van der Waals surface area contributed by atoms with Crippen LogP contribution in [0.1, 0.15) is 36.4 Å². The fraction of sp³-hybridized carbons (Fsp3) is 0.360. The summed E-state index contributed by atoms with van der Waals surface area (Å²) >= 11 is 0. The third kappa shape index (κ3) is 3.54. The van der Waals surface area contributed by atoms with E-state index in [1.807, 2.05) is 30.3 Å². The highest BCUT2D eigenvalue weighted by Gasteiger charge is 2.28. The lowest BCUT2D eigenvalue weighted by Crippen LogP contribution is -2.23. The van der Waals surface area contributed by atoms with E-state index in [0.29, 0.717) is 31.5 Å². The molecule has 1 fully saturated rings. The molecule has 3 aromatic rings. The molecule has 0 bridgehead atoms. The van der Waals surface area contributed by atoms with Crippen molar-refractivity contribution in [2.24, 2.45) is 0 Å². The predicted molar refractivity (Wildman–Crippen MR) is 117 cm³/mol. The van der Waals surface area contributed by atoms with Crippen molar-refractivity contribution in [2.45, 2.75) is 31.8 Å². The standard InChI is InChI=1S/C25H27NO4/c1-28-19-8-5-17-6-9-23(27)21(20(17)15-19)16-26-11-2-4-22(26)18-7-10-24-25(14-18)30-13-3-12-29-24/h5-10,14-15,22,27H,2-4,11-13,16H2,1H3. The van der Waals surface area contributed by atoms with E-state index in [4.69, 9.17) is 14.2 Å². The maximum Gasteiger partial charge on any atom is 0.161 e. The Bertz CT molecular complexity index is 1060. The zero-order valence-corrected chi connectivity index (χ0v) is 17.3. The number of aromatic hydroxyl groups is 1. The van der Waals surface area contributed by atoms with Crippen LogP contribution in [0.2, 0.25) is 0 Å². The number of nitrogens with zero attached hydrogens (tertiary/aromatic N) is 1. The lowest BCUT2D eigenvalue weighted by molar-refractivity contribution is 0.245. The van der Waals surface area contributed by atoms with Crippen LogP contribution in [0.5, 0.6) is 23.0 Å². The van der Waals surface area contributed by atoms with E-state index < -0.39 is 0 Å². The second kappa shape index (κ2) is 8.07. The van der Waals surface area contributed by atoms with Crippen LogP contribution in [0, 0.1) is 0 Å². The van der Waals surface area contributed by atoms with Gasteiger partial charge in [0.25, 0.3) is 0 Å². The number of hydrogen-bond donors (Lipinski definition) is 1. The summed E-state index contributed by atoms with van der Waals surface area (Å²) < 4.78 is 17.1. The van der Waals surface area contributed by atoms with Crippen LogP contribution in [-0.4, -0.2) is 36.9 Å². The molecule has 0 saturated carbocycles. The number of fused-ring (bicyclic) bond motifs is 2. The molecule has 0 radical (unpaired) electrons. The van der Waals surface area contributed by atoms with E-state index in [1.165, 1.54) is 5.56 Å². The SMILES string of the molecule is COc1ccc2ccc(O)c(CN3CCCC3c3ccc4c(c3)OCCCO4)c2c1. The summed E-state index contributed by atoms with van der Waals surface area (Å²) in [5.74, 6) is 2.81. The number of rotatable bonds is 4. The third-order valence-electron chi connectivity index (χ3n) is 6.20. The lowest BCUT2D eigenvalue weighted by atomic mass is 10.0. The Balaban J connectivity index is 1.47. The number of phenols is 1. The summed E-state index contributed by atoms with van der Waals surface area (Å²) in [6, 6.07) is 16.4. The molecule has 1 unspecified atom stereocenters. The zero-order valence-electron chi connectivity index (χ0n) is 17.3. The molecule has 0 amide bonds. The van der Waals surface area contributed by atoms with Crippen molar-refractivity contribution >= 4 is 10.8 Å². The van der Waals surface area contributed by atoms with E-state index in [9.17, 15) is 5.11 Å². The Hall–Kier alpha value is -2.92. The Morgan fingerprint density at radius 2 is 1.83 bits per heavy atom. The molecular formula is C25H27NO4. The minimum Gasteiger partial charge on any atom is -0.508 e. The van der Waals surface area contributed by atoms with E-state index in [2.05, 4.69) is 17.0 Å². The monoisotopic (exact) mass is 405 g/mol. The molecule has 0 aromatic heterocycles. The number of benzene rings is 3. The Morgan fingerprint density at radius 3 is 2.70 bits per heavy atom. The van der Waals surface area contributed by atoms with Gasteiger partial charge in [-0.25, -0.2) is 0 Å². The van der Waals surface area contributed by atoms with Crippen molar-refractivity contribution in [2.75, 3.05) is 26.9 Å². The molecule has 2 heterocycles. The maximum absolute atomic E-state index is 10.7. The third-order valence-corrected chi connectivity index (χ3v) is 6.20. The zero-order chi connectivity index (χ0) is 20.5. The lowest BCUT2D eigenvalue weighted by Gasteiger charge is -2.26. The van der Waals surface area contributed by atoms with Crippen LogP contribution < -0.4 is 14.2 Å². The summed E-state index contributed by atoms with van der Waals surface area (Å²) in [5, 5.41) is 12.8. The summed E-state index contributed by atoms with van der Waals surface area (Å²) in [4.78, 5) is 2.45. The van der Waals surface area contributed by atoms with Crippen molar-refractivity contribution in [1.29, 1.82) is 0 Å². The molecular weight excluding hydrogens is 378 g/mol. The van der Waals surface area contributed by atoms with Crippen molar-refractivity contribution < 1.29 is 19.3 Å². The Morgan fingerprint density at radius 1 is 1.00 bits per heavy atom. The van der Waals surface area contributed by atoms with Crippen LogP contribution in [0.25, 0.3) is 10.8 Å². The van der Waals surface area contributed by atoms with Gasteiger partial charge in [-0.3, -0.25) is 4.90 Å².